The summed E-state index contributed by atoms with van der Waals surface area (Å²) in [5, 5.41) is 11.7. The Morgan fingerprint density at radius 2 is 2.50 bits per heavy atom. The van der Waals surface area contributed by atoms with Gasteiger partial charge in [-0.3, -0.25) is 4.98 Å². The van der Waals surface area contributed by atoms with Crippen LogP contribution in [0.2, 0.25) is 0 Å². The predicted octanol–water partition coefficient (Wildman–Crippen LogP) is 1.22. The largest absolute Gasteiger partial charge is 0.478 e. The van der Waals surface area contributed by atoms with Gasteiger partial charge in [0, 0.05) is 25.4 Å². The number of aromatic nitrogens is 1. The molecule has 14 heavy (non-hydrogen) atoms. The maximum absolute atomic E-state index is 10.7. The Kier molecular flexibility index (Phi) is 3.50. The zero-order valence-corrected chi connectivity index (χ0v) is 7.53. The summed E-state index contributed by atoms with van der Waals surface area (Å²) in [5.41, 5.74) is 0.701. The number of carbonyl (C=O) groups is 1. The zero-order chi connectivity index (χ0) is 10.4. The van der Waals surface area contributed by atoms with E-state index >= 15 is 0 Å². The molecule has 1 aromatic heterocycles. The number of nitrogens with one attached hydrogen (secondary N) is 1. The minimum absolute atomic E-state index is 0.157. The normalized spacial score (nSPS) is 9.07. The summed E-state index contributed by atoms with van der Waals surface area (Å²) < 4.78 is 0. The molecule has 0 amide bonds. The molecule has 1 aromatic rings. The van der Waals surface area contributed by atoms with Gasteiger partial charge in [-0.05, 0) is 6.07 Å². The average Bonchev–Trinajstić information content (AvgIpc) is 2.19. The maximum atomic E-state index is 10.7. The van der Waals surface area contributed by atoms with E-state index in [2.05, 4.69) is 16.2 Å². The van der Waals surface area contributed by atoms with Gasteiger partial charge in [0.05, 0.1) is 5.69 Å². The lowest BCUT2D eigenvalue weighted by Gasteiger charge is -2.06. The van der Waals surface area contributed by atoms with Gasteiger partial charge in [-0.25, -0.2) is 4.79 Å². The van der Waals surface area contributed by atoms with Crippen molar-refractivity contribution in [3.8, 4) is 12.3 Å². The summed E-state index contributed by atoms with van der Waals surface area (Å²) in [5.74, 6) is 1.46. The summed E-state index contributed by atoms with van der Waals surface area (Å²) in [6.07, 6.45) is 8.47. The van der Waals surface area contributed by atoms with Crippen LogP contribution in [0.3, 0.4) is 0 Å². The highest BCUT2D eigenvalue weighted by Gasteiger charge is 2.08. The van der Waals surface area contributed by atoms with Crippen LogP contribution in [-0.4, -0.2) is 22.6 Å². The van der Waals surface area contributed by atoms with Gasteiger partial charge in [0.1, 0.15) is 5.56 Å². The number of terminal acetylenes is 1. The Hall–Kier alpha value is -2.02. The fourth-order valence-electron chi connectivity index (χ4n) is 0.988. The van der Waals surface area contributed by atoms with E-state index in [0.717, 1.165) is 0 Å². The molecule has 0 atom stereocenters. The highest BCUT2D eigenvalue weighted by molar-refractivity contribution is 5.93. The standard InChI is InChI=1S/C10H10N2O2/c1-2-3-5-12-9-4-6-11-7-8(9)10(13)14/h1,4,6-7H,3,5H2,(H,11,12)(H,13,14). The van der Waals surface area contributed by atoms with E-state index in [9.17, 15) is 4.79 Å². The van der Waals surface area contributed by atoms with E-state index in [1.54, 1.807) is 6.07 Å². The van der Waals surface area contributed by atoms with Crippen LogP contribution in [0.25, 0.3) is 0 Å². The summed E-state index contributed by atoms with van der Waals surface area (Å²) in [7, 11) is 0. The van der Waals surface area contributed by atoms with Crippen LogP contribution in [0.4, 0.5) is 5.69 Å². The second kappa shape index (κ2) is 4.87. The lowest BCUT2D eigenvalue weighted by atomic mass is 10.2. The zero-order valence-electron chi connectivity index (χ0n) is 7.53. The molecule has 0 bridgehead atoms. The second-order valence-electron chi connectivity index (χ2n) is 2.61. The third-order valence-electron chi connectivity index (χ3n) is 1.64. The van der Waals surface area contributed by atoms with Gasteiger partial charge < -0.3 is 10.4 Å². The van der Waals surface area contributed by atoms with Crippen LogP contribution in [0, 0.1) is 12.3 Å². The van der Waals surface area contributed by atoms with E-state index in [1.807, 2.05) is 0 Å². The van der Waals surface area contributed by atoms with Gasteiger partial charge in [0.25, 0.3) is 0 Å². The molecule has 1 heterocycles. The number of carboxylic acid groups (broad SMARTS) is 1. The number of rotatable bonds is 4. The van der Waals surface area contributed by atoms with Crippen molar-refractivity contribution in [2.45, 2.75) is 6.42 Å². The number of nitrogens with zero attached hydrogens (tertiary/aromatic N) is 1. The number of carboxylic acids is 1. The van der Waals surface area contributed by atoms with Crippen LogP contribution < -0.4 is 5.32 Å². The molecular formula is C10H10N2O2. The summed E-state index contributed by atoms with van der Waals surface area (Å²) in [6.45, 7) is 0.556. The quantitative estimate of drug-likeness (QED) is 0.553. The van der Waals surface area contributed by atoms with E-state index < -0.39 is 5.97 Å². The van der Waals surface area contributed by atoms with E-state index in [4.69, 9.17) is 11.5 Å². The molecule has 0 radical (unpaired) electrons. The molecule has 0 aromatic carbocycles. The van der Waals surface area contributed by atoms with E-state index in [1.165, 1.54) is 12.4 Å². The Morgan fingerprint density at radius 1 is 1.71 bits per heavy atom. The third kappa shape index (κ3) is 2.49. The molecule has 1 rings (SSSR count). The fraction of sp³-hybridized carbons (Fsp3) is 0.200. The van der Waals surface area contributed by atoms with Crippen molar-refractivity contribution in [3.63, 3.8) is 0 Å². The Labute approximate surface area is 82.0 Å². The minimum atomic E-state index is -0.999. The number of anilines is 1. The Bertz CT molecular complexity index is 369. The lowest BCUT2D eigenvalue weighted by molar-refractivity contribution is 0.0697. The first-order valence-corrected chi connectivity index (χ1v) is 4.10. The molecule has 0 aliphatic heterocycles. The van der Waals surface area contributed by atoms with Gasteiger partial charge in [-0.15, -0.1) is 12.3 Å². The molecule has 72 valence electrons. The predicted molar refractivity (Wildman–Crippen MR) is 53.1 cm³/mol. The highest BCUT2D eigenvalue weighted by Crippen LogP contribution is 2.12. The lowest BCUT2D eigenvalue weighted by Crippen LogP contribution is -2.07. The first-order chi connectivity index (χ1) is 6.75. The van der Waals surface area contributed by atoms with Crippen molar-refractivity contribution in [2.24, 2.45) is 0 Å². The van der Waals surface area contributed by atoms with E-state index in [0.29, 0.717) is 18.7 Å². The monoisotopic (exact) mass is 190 g/mol. The van der Waals surface area contributed by atoms with Crippen LogP contribution >= 0.6 is 0 Å². The highest BCUT2D eigenvalue weighted by atomic mass is 16.4. The number of hydrogen-bond acceptors (Lipinski definition) is 3. The number of aromatic carboxylic acids is 1. The van der Waals surface area contributed by atoms with Crippen molar-refractivity contribution in [1.82, 2.24) is 4.98 Å². The second-order valence-corrected chi connectivity index (χ2v) is 2.61. The summed E-state index contributed by atoms with van der Waals surface area (Å²) >= 11 is 0. The van der Waals surface area contributed by atoms with Crippen LogP contribution in [0.1, 0.15) is 16.8 Å². The molecule has 0 spiro atoms. The van der Waals surface area contributed by atoms with Crippen molar-refractivity contribution >= 4 is 11.7 Å². The topological polar surface area (TPSA) is 62.2 Å². The number of hydrogen-bond donors (Lipinski definition) is 2. The van der Waals surface area contributed by atoms with Gasteiger partial charge >= 0.3 is 5.97 Å². The molecule has 0 saturated heterocycles. The van der Waals surface area contributed by atoms with Gasteiger partial charge in [0.15, 0.2) is 0 Å². The van der Waals surface area contributed by atoms with Gasteiger partial charge in [-0.1, -0.05) is 0 Å². The molecule has 4 heteroatoms. The van der Waals surface area contributed by atoms with Crippen LogP contribution in [0.5, 0.6) is 0 Å². The molecule has 0 aliphatic carbocycles. The number of pyridine rings is 1. The Morgan fingerprint density at radius 3 is 3.14 bits per heavy atom. The van der Waals surface area contributed by atoms with Crippen LogP contribution in [-0.2, 0) is 0 Å². The average molecular weight is 190 g/mol. The first-order valence-electron chi connectivity index (χ1n) is 4.10. The molecular weight excluding hydrogens is 180 g/mol. The van der Waals surface area contributed by atoms with Crippen LogP contribution in [0.15, 0.2) is 18.5 Å². The molecule has 0 aliphatic rings. The van der Waals surface area contributed by atoms with Crippen molar-refractivity contribution in [2.75, 3.05) is 11.9 Å². The fourth-order valence-corrected chi connectivity index (χ4v) is 0.988. The maximum Gasteiger partial charge on any atom is 0.339 e. The summed E-state index contributed by atoms with van der Waals surface area (Å²) in [4.78, 5) is 14.5. The van der Waals surface area contributed by atoms with Crippen molar-refractivity contribution in [1.29, 1.82) is 0 Å². The molecule has 2 N–H and O–H groups in total. The summed E-state index contributed by atoms with van der Waals surface area (Å²) in [6, 6.07) is 1.61. The minimum Gasteiger partial charge on any atom is -0.478 e. The SMILES string of the molecule is C#CCCNc1ccncc1C(=O)O. The van der Waals surface area contributed by atoms with Gasteiger partial charge in [-0.2, -0.15) is 0 Å². The Balaban J connectivity index is 2.75. The molecule has 0 saturated carbocycles. The molecule has 0 unspecified atom stereocenters. The van der Waals surface area contributed by atoms with Crippen molar-refractivity contribution in [3.05, 3.63) is 24.0 Å². The third-order valence-corrected chi connectivity index (χ3v) is 1.64. The molecule has 0 fully saturated rings. The van der Waals surface area contributed by atoms with E-state index in [-0.39, 0.29) is 5.56 Å². The first kappa shape index (κ1) is 10.1. The smallest absolute Gasteiger partial charge is 0.339 e. The molecule has 4 nitrogen and oxygen atoms in total. The van der Waals surface area contributed by atoms with Crippen molar-refractivity contribution < 1.29 is 9.90 Å². The van der Waals surface area contributed by atoms with Gasteiger partial charge in [0.2, 0.25) is 0 Å².